The summed E-state index contributed by atoms with van der Waals surface area (Å²) in [4.78, 5) is 5.49. The fourth-order valence-electron chi connectivity index (χ4n) is 1.38. The second-order valence-corrected chi connectivity index (χ2v) is 6.22. The zero-order valence-corrected chi connectivity index (χ0v) is 12.3. The molecule has 2 nitrogen and oxygen atoms in total. The van der Waals surface area contributed by atoms with Gasteiger partial charge in [0.1, 0.15) is 0 Å². The summed E-state index contributed by atoms with van der Waals surface area (Å²) in [6.07, 6.45) is 2.56. The highest BCUT2D eigenvalue weighted by Crippen LogP contribution is 2.26. The van der Waals surface area contributed by atoms with Crippen LogP contribution in [0.5, 0.6) is 0 Å². The quantitative estimate of drug-likeness (QED) is 0.899. The summed E-state index contributed by atoms with van der Waals surface area (Å²) >= 11 is 8.46. The van der Waals surface area contributed by atoms with Gasteiger partial charge in [0, 0.05) is 43.6 Å². The zero-order chi connectivity index (χ0) is 11.5. The van der Waals surface area contributed by atoms with Gasteiger partial charge in [0.2, 0.25) is 0 Å². The summed E-state index contributed by atoms with van der Waals surface area (Å²) in [5.41, 5.74) is 7.13. The van der Waals surface area contributed by atoms with Gasteiger partial charge in [-0.3, -0.25) is 4.98 Å². The SMILES string of the molecule is NC(Cc1ccc(Br)cn1)c1cc(Br)cs1. The Bertz CT molecular complexity index is 467. The van der Waals surface area contributed by atoms with Crippen LogP contribution in [-0.2, 0) is 6.42 Å². The molecule has 0 saturated heterocycles. The van der Waals surface area contributed by atoms with Crippen molar-refractivity contribution in [2.75, 3.05) is 0 Å². The van der Waals surface area contributed by atoms with Crippen LogP contribution in [0.15, 0.2) is 38.7 Å². The molecule has 1 unspecified atom stereocenters. The van der Waals surface area contributed by atoms with Gasteiger partial charge >= 0.3 is 0 Å². The fourth-order valence-corrected chi connectivity index (χ4v) is 3.06. The number of rotatable bonds is 3. The Morgan fingerprint density at radius 1 is 1.31 bits per heavy atom. The van der Waals surface area contributed by atoms with Crippen molar-refractivity contribution < 1.29 is 0 Å². The van der Waals surface area contributed by atoms with Crippen molar-refractivity contribution in [2.24, 2.45) is 5.73 Å². The van der Waals surface area contributed by atoms with Gasteiger partial charge in [-0.05, 0) is 50.1 Å². The standard InChI is InChI=1S/C11H10Br2N2S/c12-7-1-2-9(15-5-7)4-10(14)11-3-8(13)6-16-11/h1-3,5-6,10H,4,14H2. The van der Waals surface area contributed by atoms with Crippen LogP contribution in [0.2, 0.25) is 0 Å². The van der Waals surface area contributed by atoms with Crippen molar-refractivity contribution in [1.29, 1.82) is 0 Å². The minimum Gasteiger partial charge on any atom is -0.323 e. The van der Waals surface area contributed by atoms with E-state index in [9.17, 15) is 0 Å². The van der Waals surface area contributed by atoms with E-state index in [1.165, 1.54) is 4.88 Å². The first-order chi connectivity index (χ1) is 7.65. The molecule has 0 aromatic carbocycles. The van der Waals surface area contributed by atoms with Crippen LogP contribution in [0.3, 0.4) is 0 Å². The number of thiophene rings is 1. The van der Waals surface area contributed by atoms with Crippen molar-refractivity contribution in [2.45, 2.75) is 12.5 Å². The van der Waals surface area contributed by atoms with Gasteiger partial charge in [0.15, 0.2) is 0 Å². The van der Waals surface area contributed by atoms with Gasteiger partial charge in [-0.25, -0.2) is 0 Å². The second-order valence-electron chi connectivity index (χ2n) is 3.45. The minimum absolute atomic E-state index is 0.0185. The molecule has 0 spiro atoms. The molecular weight excluding hydrogens is 352 g/mol. The predicted molar refractivity (Wildman–Crippen MR) is 74.6 cm³/mol. The zero-order valence-electron chi connectivity index (χ0n) is 8.36. The molecule has 0 aliphatic carbocycles. The van der Waals surface area contributed by atoms with E-state index in [0.29, 0.717) is 0 Å². The first kappa shape index (κ1) is 12.2. The van der Waals surface area contributed by atoms with Crippen LogP contribution in [0.4, 0.5) is 0 Å². The van der Waals surface area contributed by atoms with Gasteiger partial charge in [-0.2, -0.15) is 0 Å². The van der Waals surface area contributed by atoms with Crippen LogP contribution in [0.25, 0.3) is 0 Å². The van der Waals surface area contributed by atoms with Crippen molar-refractivity contribution in [3.8, 4) is 0 Å². The number of hydrogen-bond acceptors (Lipinski definition) is 3. The lowest BCUT2D eigenvalue weighted by Crippen LogP contribution is -2.12. The molecule has 2 rings (SSSR count). The lowest BCUT2D eigenvalue weighted by molar-refractivity contribution is 0.719. The van der Waals surface area contributed by atoms with Crippen molar-refractivity contribution in [3.63, 3.8) is 0 Å². The van der Waals surface area contributed by atoms with Gasteiger partial charge in [0.25, 0.3) is 0 Å². The molecule has 16 heavy (non-hydrogen) atoms. The second kappa shape index (κ2) is 5.40. The molecule has 0 aliphatic heterocycles. The van der Waals surface area contributed by atoms with Crippen LogP contribution in [0, 0.1) is 0 Å². The number of halogens is 2. The Morgan fingerprint density at radius 3 is 2.69 bits per heavy atom. The third-order valence-corrected chi connectivity index (χ3v) is 4.47. The number of nitrogens with two attached hydrogens (primary N) is 1. The minimum atomic E-state index is 0.0185. The highest BCUT2D eigenvalue weighted by atomic mass is 79.9. The third kappa shape index (κ3) is 3.13. The van der Waals surface area contributed by atoms with Crippen LogP contribution in [0.1, 0.15) is 16.6 Å². The smallest absolute Gasteiger partial charge is 0.0446 e. The number of nitrogens with zero attached hydrogens (tertiary/aromatic N) is 1. The lowest BCUT2D eigenvalue weighted by atomic mass is 10.1. The summed E-state index contributed by atoms with van der Waals surface area (Å²) in [6.45, 7) is 0. The molecule has 84 valence electrons. The highest BCUT2D eigenvalue weighted by molar-refractivity contribution is 9.10. The summed E-state index contributed by atoms with van der Waals surface area (Å²) in [7, 11) is 0. The van der Waals surface area contributed by atoms with Crippen LogP contribution < -0.4 is 5.73 Å². The molecule has 0 fully saturated rings. The fraction of sp³-hybridized carbons (Fsp3) is 0.182. The Hall–Kier alpha value is -0.230. The Labute approximate surface area is 115 Å². The van der Waals surface area contributed by atoms with E-state index in [1.54, 1.807) is 17.5 Å². The van der Waals surface area contributed by atoms with Gasteiger partial charge in [0.05, 0.1) is 0 Å². The molecule has 2 aromatic rings. The monoisotopic (exact) mass is 360 g/mol. The Kier molecular flexibility index (Phi) is 4.13. The molecule has 2 N–H and O–H groups in total. The predicted octanol–water partition coefficient (Wildman–Crippen LogP) is 3.91. The number of aromatic nitrogens is 1. The van der Waals surface area contributed by atoms with Gasteiger partial charge in [-0.15, -0.1) is 11.3 Å². The number of pyridine rings is 1. The van der Waals surface area contributed by atoms with Crippen molar-refractivity contribution >= 4 is 43.2 Å². The van der Waals surface area contributed by atoms with Crippen LogP contribution >= 0.6 is 43.2 Å². The normalized spacial score (nSPS) is 12.7. The topological polar surface area (TPSA) is 38.9 Å². The maximum absolute atomic E-state index is 6.12. The van der Waals surface area contributed by atoms with Crippen LogP contribution in [-0.4, -0.2) is 4.98 Å². The largest absolute Gasteiger partial charge is 0.323 e. The lowest BCUT2D eigenvalue weighted by Gasteiger charge is -2.08. The molecule has 0 saturated carbocycles. The van der Waals surface area contributed by atoms with Gasteiger partial charge in [-0.1, -0.05) is 0 Å². The Morgan fingerprint density at radius 2 is 2.12 bits per heavy atom. The van der Waals surface area contributed by atoms with Crippen molar-refractivity contribution in [3.05, 3.63) is 49.3 Å². The maximum atomic E-state index is 6.12. The molecule has 0 amide bonds. The molecular formula is C11H10Br2N2S. The molecule has 0 bridgehead atoms. The average molecular weight is 362 g/mol. The third-order valence-electron chi connectivity index (χ3n) is 2.17. The first-order valence-corrected chi connectivity index (χ1v) is 7.21. The van der Waals surface area contributed by atoms with E-state index in [0.717, 1.165) is 21.1 Å². The summed E-state index contributed by atoms with van der Waals surface area (Å²) in [6, 6.07) is 6.06. The van der Waals surface area contributed by atoms with E-state index in [1.807, 2.05) is 17.5 Å². The van der Waals surface area contributed by atoms with E-state index in [-0.39, 0.29) is 6.04 Å². The van der Waals surface area contributed by atoms with E-state index in [4.69, 9.17) is 5.73 Å². The highest BCUT2D eigenvalue weighted by Gasteiger charge is 2.10. The van der Waals surface area contributed by atoms with Gasteiger partial charge < -0.3 is 5.73 Å². The van der Waals surface area contributed by atoms with E-state index < -0.39 is 0 Å². The summed E-state index contributed by atoms with van der Waals surface area (Å²) < 4.78 is 2.08. The van der Waals surface area contributed by atoms with E-state index >= 15 is 0 Å². The molecule has 1 atom stereocenters. The maximum Gasteiger partial charge on any atom is 0.0446 e. The molecule has 0 radical (unpaired) electrons. The van der Waals surface area contributed by atoms with Crippen molar-refractivity contribution in [1.82, 2.24) is 4.98 Å². The molecule has 0 aliphatic rings. The number of hydrogen-bond donors (Lipinski definition) is 1. The summed E-state index contributed by atoms with van der Waals surface area (Å²) in [5.74, 6) is 0. The Balaban J connectivity index is 2.07. The average Bonchev–Trinajstić information content (AvgIpc) is 2.68. The molecule has 5 heteroatoms. The molecule has 2 heterocycles. The van der Waals surface area contributed by atoms with E-state index in [2.05, 4.69) is 42.9 Å². The first-order valence-electron chi connectivity index (χ1n) is 4.75. The molecule has 2 aromatic heterocycles. The summed E-state index contributed by atoms with van der Waals surface area (Å²) in [5, 5.41) is 2.05.